The SMILES string of the molecule is O=C(NCc1cccnc1)[C@H]1CCCN(C(=O)c2ccco2)C1. The molecule has 1 aliphatic heterocycles. The Balaban J connectivity index is 1.55. The molecule has 0 bridgehead atoms. The predicted octanol–water partition coefficient (Wildman–Crippen LogP) is 1.84. The van der Waals surface area contributed by atoms with Gasteiger partial charge >= 0.3 is 0 Å². The molecule has 1 N–H and O–H groups in total. The van der Waals surface area contributed by atoms with Crippen LogP contribution < -0.4 is 5.32 Å². The van der Waals surface area contributed by atoms with Crippen LogP contribution in [-0.2, 0) is 11.3 Å². The Morgan fingerprint density at radius 1 is 1.35 bits per heavy atom. The number of carbonyl (C=O) groups excluding carboxylic acids is 2. The first-order valence-electron chi connectivity index (χ1n) is 7.73. The molecule has 2 aromatic heterocycles. The summed E-state index contributed by atoms with van der Waals surface area (Å²) < 4.78 is 5.15. The van der Waals surface area contributed by atoms with Crippen molar-refractivity contribution in [3.63, 3.8) is 0 Å². The van der Waals surface area contributed by atoms with Crippen molar-refractivity contribution in [3.05, 3.63) is 54.2 Å². The molecule has 0 saturated carbocycles. The molecule has 0 radical (unpaired) electrons. The Morgan fingerprint density at radius 2 is 2.26 bits per heavy atom. The number of aromatic nitrogens is 1. The maximum atomic E-state index is 12.3. The fourth-order valence-electron chi connectivity index (χ4n) is 2.77. The van der Waals surface area contributed by atoms with Crippen LogP contribution >= 0.6 is 0 Å². The smallest absolute Gasteiger partial charge is 0.289 e. The summed E-state index contributed by atoms with van der Waals surface area (Å²) in [6.07, 6.45) is 6.52. The number of furan rings is 1. The molecule has 6 heteroatoms. The average molecular weight is 313 g/mol. The minimum Gasteiger partial charge on any atom is -0.459 e. The van der Waals surface area contributed by atoms with Crippen LogP contribution in [0.15, 0.2) is 47.3 Å². The van der Waals surface area contributed by atoms with Gasteiger partial charge in [-0.1, -0.05) is 6.07 Å². The van der Waals surface area contributed by atoms with Gasteiger partial charge in [0.15, 0.2) is 5.76 Å². The van der Waals surface area contributed by atoms with Crippen molar-refractivity contribution < 1.29 is 14.0 Å². The Morgan fingerprint density at radius 3 is 3.00 bits per heavy atom. The molecule has 0 aromatic carbocycles. The second kappa shape index (κ2) is 7.09. The van der Waals surface area contributed by atoms with Crippen molar-refractivity contribution in [2.45, 2.75) is 19.4 Å². The molecule has 2 amide bonds. The van der Waals surface area contributed by atoms with E-state index in [0.717, 1.165) is 18.4 Å². The molecule has 23 heavy (non-hydrogen) atoms. The zero-order valence-electron chi connectivity index (χ0n) is 12.8. The van der Waals surface area contributed by atoms with Crippen LogP contribution in [0, 0.1) is 5.92 Å². The Hall–Kier alpha value is -2.63. The largest absolute Gasteiger partial charge is 0.459 e. The summed E-state index contributed by atoms with van der Waals surface area (Å²) >= 11 is 0. The lowest BCUT2D eigenvalue weighted by atomic mass is 9.97. The highest BCUT2D eigenvalue weighted by Gasteiger charge is 2.29. The highest BCUT2D eigenvalue weighted by atomic mass is 16.3. The minimum absolute atomic E-state index is 0.0224. The number of hydrogen-bond donors (Lipinski definition) is 1. The van der Waals surface area contributed by atoms with Gasteiger partial charge in [-0.15, -0.1) is 0 Å². The fourth-order valence-corrected chi connectivity index (χ4v) is 2.77. The summed E-state index contributed by atoms with van der Waals surface area (Å²) in [5, 5.41) is 2.92. The normalized spacial score (nSPS) is 17.7. The Labute approximate surface area is 134 Å². The zero-order chi connectivity index (χ0) is 16.1. The second-order valence-corrected chi connectivity index (χ2v) is 5.65. The molecule has 120 valence electrons. The predicted molar refractivity (Wildman–Crippen MR) is 83.4 cm³/mol. The average Bonchev–Trinajstić information content (AvgIpc) is 3.14. The van der Waals surface area contributed by atoms with Crippen molar-refractivity contribution in [1.29, 1.82) is 0 Å². The van der Waals surface area contributed by atoms with Gasteiger partial charge in [-0.25, -0.2) is 0 Å². The zero-order valence-corrected chi connectivity index (χ0v) is 12.8. The van der Waals surface area contributed by atoms with E-state index in [1.165, 1.54) is 6.26 Å². The molecule has 0 spiro atoms. The van der Waals surface area contributed by atoms with E-state index in [1.54, 1.807) is 29.4 Å². The van der Waals surface area contributed by atoms with E-state index in [1.807, 2.05) is 12.1 Å². The molecule has 1 saturated heterocycles. The van der Waals surface area contributed by atoms with Gasteiger partial charge in [0.05, 0.1) is 12.2 Å². The number of nitrogens with zero attached hydrogens (tertiary/aromatic N) is 2. The lowest BCUT2D eigenvalue weighted by Crippen LogP contribution is -2.45. The molecular weight excluding hydrogens is 294 g/mol. The van der Waals surface area contributed by atoms with Crippen LogP contribution in [0.3, 0.4) is 0 Å². The van der Waals surface area contributed by atoms with Crippen molar-refractivity contribution in [3.8, 4) is 0 Å². The molecule has 1 atom stereocenters. The van der Waals surface area contributed by atoms with Crippen molar-refractivity contribution >= 4 is 11.8 Å². The van der Waals surface area contributed by atoms with E-state index in [4.69, 9.17) is 4.42 Å². The van der Waals surface area contributed by atoms with E-state index in [-0.39, 0.29) is 17.7 Å². The summed E-state index contributed by atoms with van der Waals surface area (Å²) in [5.74, 6) is -0.0358. The molecule has 0 unspecified atom stereocenters. The molecule has 1 fully saturated rings. The third-order valence-corrected chi connectivity index (χ3v) is 4.00. The third kappa shape index (κ3) is 3.77. The number of piperidine rings is 1. The van der Waals surface area contributed by atoms with E-state index in [2.05, 4.69) is 10.3 Å². The maximum absolute atomic E-state index is 12.3. The highest BCUT2D eigenvalue weighted by Crippen LogP contribution is 2.19. The third-order valence-electron chi connectivity index (χ3n) is 4.00. The molecule has 3 rings (SSSR count). The first kappa shape index (κ1) is 15.3. The fraction of sp³-hybridized carbons (Fsp3) is 0.353. The summed E-state index contributed by atoms with van der Waals surface area (Å²) in [7, 11) is 0. The summed E-state index contributed by atoms with van der Waals surface area (Å²) in [6.45, 7) is 1.54. The van der Waals surface area contributed by atoms with E-state index in [0.29, 0.717) is 25.4 Å². The van der Waals surface area contributed by atoms with Gasteiger partial charge in [0.25, 0.3) is 5.91 Å². The van der Waals surface area contributed by atoms with E-state index in [9.17, 15) is 9.59 Å². The summed E-state index contributed by atoms with van der Waals surface area (Å²) in [4.78, 5) is 30.3. The second-order valence-electron chi connectivity index (χ2n) is 5.65. The molecule has 0 aliphatic carbocycles. The number of nitrogens with one attached hydrogen (secondary N) is 1. The topological polar surface area (TPSA) is 75.4 Å². The maximum Gasteiger partial charge on any atom is 0.289 e. The van der Waals surface area contributed by atoms with Crippen LogP contribution in [0.25, 0.3) is 0 Å². The van der Waals surface area contributed by atoms with E-state index >= 15 is 0 Å². The first-order valence-corrected chi connectivity index (χ1v) is 7.73. The lowest BCUT2D eigenvalue weighted by molar-refractivity contribution is -0.126. The van der Waals surface area contributed by atoms with Gasteiger partial charge in [-0.05, 0) is 36.6 Å². The standard InChI is InChI=1S/C17H19N3O3/c21-16(19-11-13-4-1-7-18-10-13)14-5-2-8-20(12-14)17(22)15-6-3-9-23-15/h1,3-4,6-7,9-10,14H,2,5,8,11-12H2,(H,19,21)/t14-/m0/s1. The van der Waals surface area contributed by atoms with Crippen molar-refractivity contribution in [2.75, 3.05) is 13.1 Å². The number of hydrogen-bond acceptors (Lipinski definition) is 4. The van der Waals surface area contributed by atoms with Gasteiger partial charge in [-0.3, -0.25) is 14.6 Å². The van der Waals surface area contributed by atoms with Crippen molar-refractivity contribution in [2.24, 2.45) is 5.92 Å². The molecule has 6 nitrogen and oxygen atoms in total. The van der Waals surface area contributed by atoms with Gasteiger partial charge in [-0.2, -0.15) is 0 Å². The molecular formula is C17H19N3O3. The van der Waals surface area contributed by atoms with Crippen molar-refractivity contribution in [1.82, 2.24) is 15.2 Å². The number of rotatable bonds is 4. The number of amides is 2. The van der Waals surface area contributed by atoms with E-state index < -0.39 is 0 Å². The first-order chi connectivity index (χ1) is 11.2. The molecule has 1 aliphatic rings. The van der Waals surface area contributed by atoms with Gasteiger partial charge in [0, 0.05) is 32.0 Å². The van der Waals surface area contributed by atoms with Crippen LogP contribution in [-0.4, -0.2) is 34.8 Å². The summed E-state index contributed by atoms with van der Waals surface area (Å²) in [5.41, 5.74) is 0.958. The van der Waals surface area contributed by atoms with Crippen LogP contribution in [0.5, 0.6) is 0 Å². The van der Waals surface area contributed by atoms with Gasteiger partial charge < -0.3 is 14.6 Å². The quantitative estimate of drug-likeness (QED) is 0.934. The Kier molecular flexibility index (Phi) is 4.71. The lowest BCUT2D eigenvalue weighted by Gasteiger charge is -2.31. The minimum atomic E-state index is -0.181. The summed E-state index contributed by atoms with van der Waals surface area (Å²) in [6, 6.07) is 7.09. The Bertz CT molecular complexity index is 655. The van der Waals surface area contributed by atoms with Gasteiger partial charge in [0.1, 0.15) is 0 Å². The molecule has 3 heterocycles. The highest BCUT2D eigenvalue weighted by molar-refractivity contribution is 5.92. The van der Waals surface area contributed by atoms with Crippen LogP contribution in [0.4, 0.5) is 0 Å². The molecule has 2 aromatic rings. The van der Waals surface area contributed by atoms with Crippen LogP contribution in [0.2, 0.25) is 0 Å². The number of carbonyl (C=O) groups is 2. The number of pyridine rings is 1. The monoisotopic (exact) mass is 313 g/mol. The number of likely N-dealkylation sites (tertiary alicyclic amines) is 1. The van der Waals surface area contributed by atoms with Gasteiger partial charge in [0.2, 0.25) is 5.91 Å². The van der Waals surface area contributed by atoms with Crippen LogP contribution in [0.1, 0.15) is 29.0 Å².